The molecule has 1 fully saturated rings. The van der Waals surface area contributed by atoms with E-state index >= 15 is 0 Å². The van der Waals surface area contributed by atoms with Crippen LogP contribution < -0.4 is 5.73 Å². The molecule has 1 aliphatic rings. The van der Waals surface area contributed by atoms with Gasteiger partial charge in [0.05, 0.1) is 6.10 Å². The lowest BCUT2D eigenvalue weighted by molar-refractivity contribution is 0.000331. The molecule has 0 bridgehead atoms. The van der Waals surface area contributed by atoms with E-state index in [4.69, 9.17) is 5.73 Å². The van der Waals surface area contributed by atoms with Crippen LogP contribution in [0.25, 0.3) is 0 Å². The molecule has 4 heteroatoms. The summed E-state index contributed by atoms with van der Waals surface area (Å²) in [6.45, 7) is 0.340. The fourth-order valence-corrected chi connectivity index (χ4v) is 2.93. The molecule has 1 saturated carbocycles. The van der Waals surface area contributed by atoms with E-state index < -0.39 is 23.2 Å². The largest absolute Gasteiger partial charge is 0.388 e. The van der Waals surface area contributed by atoms with Gasteiger partial charge in [0.15, 0.2) is 0 Å². The van der Waals surface area contributed by atoms with Gasteiger partial charge in [0.1, 0.15) is 11.6 Å². The molecule has 0 aromatic heterocycles. The van der Waals surface area contributed by atoms with Crippen molar-refractivity contribution in [2.75, 3.05) is 6.54 Å². The smallest absolute Gasteiger partial charge is 0.126 e. The van der Waals surface area contributed by atoms with Crippen LogP contribution in [0.5, 0.6) is 0 Å². The molecular weight excluding hydrogens is 236 g/mol. The first-order valence-corrected chi connectivity index (χ1v) is 6.41. The summed E-state index contributed by atoms with van der Waals surface area (Å²) in [5.41, 5.74) is 5.66. The predicted molar refractivity (Wildman–Crippen MR) is 65.9 cm³/mol. The van der Waals surface area contributed by atoms with Crippen LogP contribution in [0.1, 0.15) is 43.8 Å². The van der Waals surface area contributed by atoms with Gasteiger partial charge in [-0.05, 0) is 30.5 Å². The molecule has 100 valence electrons. The lowest BCUT2D eigenvalue weighted by Crippen LogP contribution is -2.38. The van der Waals surface area contributed by atoms with Gasteiger partial charge < -0.3 is 10.8 Å². The molecule has 0 heterocycles. The second-order valence-electron chi connectivity index (χ2n) is 5.23. The SMILES string of the molecule is NCC1(C(O)c2cc(F)cc(F)c2)CCCCC1. The van der Waals surface area contributed by atoms with Crippen molar-refractivity contribution in [2.24, 2.45) is 11.1 Å². The molecule has 2 nitrogen and oxygen atoms in total. The Morgan fingerprint density at radius 3 is 2.17 bits per heavy atom. The van der Waals surface area contributed by atoms with Gasteiger partial charge >= 0.3 is 0 Å². The minimum atomic E-state index is -0.895. The summed E-state index contributed by atoms with van der Waals surface area (Å²) in [4.78, 5) is 0. The Balaban J connectivity index is 2.30. The summed E-state index contributed by atoms with van der Waals surface area (Å²) in [6, 6.07) is 3.20. The summed E-state index contributed by atoms with van der Waals surface area (Å²) < 4.78 is 26.4. The molecule has 1 aliphatic carbocycles. The van der Waals surface area contributed by atoms with Crippen LogP contribution in [-0.4, -0.2) is 11.7 Å². The van der Waals surface area contributed by atoms with Crippen LogP contribution in [0.3, 0.4) is 0 Å². The molecule has 1 aromatic carbocycles. The maximum atomic E-state index is 13.2. The predicted octanol–water partition coefficient (Wildman–Crippen LogP) is 2.91. The second kappa shape index (κ2) is 5.33. The van der Waals surface area contributed by atoms with Crippen LogP contribution in [0.4, 0.5) is 8.78 Å². The number of nitrogens with two attached hydrogens (primary N) is 1. The minimum Gasteiger partial charge on any atom is -0.388 e. The van der Waals surface area contributed by atoms with Gasteiger partial charge in [-0.2, -0.15) is 0 Å². The fourth-order valence-electron chi connectivity index (χ4n) is 2.93. The third-order valence-corrected chi connectivity index (χ3v) is 4.04. The highest BCUT2D eigenvalue weighted by Crippen LogP contribution is 2.45. The van der Waals surface area contributed by atoms with E-state index in [1.807, 2.05) is 0 Å². The first kappa shape index (κ1) is 13.4. The van der Waals surface area contributed by atoms with E-state index in [0.717, 1.165) is 38.2 Å². The summed E-state index contributed by atoms with van der Waals surface area (Å²) in [5, 5.41) is 10.4. The Morgan fingerprint density at radius 1 is 1.11 bits per heavy atom. The molecule has 0 aliphatic heterocycles. The van der Waals surface area contributed by atoms with Gasteiger partial charge in [0, 0.05) is 18.0 Å². The van der Waals surface area contributed by atoms with E-state index in [1.54, 1.807) is 0 Å². The lowest BCUT2D eigenvalue weighted by Gasteiger charge is -2.40. The third kappa shape index (κ3) is 2.54. The van der Waals surface area contributed by atoms with Crippen molar-refractivity contribution >= 4 is 0 Å². The average Bonchev–Trinajstić information content (AvgIpc) is 2.37. The van der Waals surface area contributed by atoms with Crippen molar-refractivity contribution in [1.29, 1.82) is 0 Å². The van der Waals surface area contributed by atoms with E-state index in [2.05, 4.69) is 0 Å². The summed E-state index contributed by atoms with van der Waals surface area (Å²) in [7, 11) is 0. The lowest BCUT2D eigenvalue weighted by atomic mass is 9.68. The maximum absolute atomic E-state index is 13.2. The van der Waals surface area contributed by atoms with Crippen molar-refractivity contribution in [3.63, 3.8) is 0 Å². The van der Waals surface area contributed by atoms with Gasteiger partial charge in [-0.15, -0.1) is 0 Å². The number of hydrogen-bond donors (Lipinski definition) is 2. The Labute approximate surface area is 106 Å². The Hall–Kier alpha value is -1.00. The van der Waals surface area contributed by atoms with Gasteiger partial charge in [-0.1, -0.05) is 19.3 Å². The van der Waals surface area contributed by atoms with Crippen LogP contribution in [-0.2, 0) is 0 Å². The highest BCUT2D eigenvalue weighted by Gasteiger charge is 2.38. The van der Waals surface area contributed by atoms with Crippen LogP contribution in [0, 0.1) is 17.0 Å². The number of hydrogen-bond acceptors (Lipinski definition) is 2. The van der Waals surface area contributed by atoms with E-state index in [-0.39, 0.29) is 0 Å². The van der Waals surface area contributed by atoms with Crippen molar-refractivity contribution in [3.8, 4) is 0 Å². The van der Waals surface area contributed by atoms with Crippen molar-refractivity contribution in [2.45, 2.75) is 38.2 Å². The van der Waals surface area contributed by atoms with Crippen molar-refractivity contribution in [1.82, 2.24) is 0 Å². The molecule has 1 unspecified atom stereocenters. The van der Waals surface area contributed by atoms with Crippen molar-refractivity contribution in [3.05, 3.63) is 35.4 Å². The zero-order valence-corrected chi connectivity index (χ0v) is 10.3. The number of aliphatic hydroxyl groups is 1. The molecule has 3 N–H and O–H groups in total. The normalized spacial score (nSPS) is 20.7. The van der Waals surface area contributed by atoms with Gasteiger partial charge in [-0.3, -0.25) is 0 Å². The second-order valence-corrected chi connectivity index (χ2v) is 5.23. The molecule has 1 atom stereocenters. The number of benzene rings is 1. The number of rotatable bonds is 3. The molecular formula is C14H19F2NO. The molecule has 18 heavy (non-hydrogen) atoms. The zero-order valence-electron chi connectivity index (χ0n) is 10.3. The highest BCUT2D eigenvalue weighted by molar-refractivity contribution is 5.22. The first-order chi connectivity index (χ1) is 8.57. The summed E-state index contributed by atoms with van der Waals surface area (Å²) >= 11 is 0. The molecule has 2 rings (SSSR count). The Morgan fingerprint density at radius 2 is 1.67 bits per heavy atom. The minimum absolute atomic E-state index is 0.292. The third-order valence-electron chi connectivity index (χ3n) is 4.04. The molecule has 0 amide bonds. The maximum Gasteiger partial charge on any atom is 0.126 e. The van der Waals surface area contributed by atoms with Crippen LogP contribution >= 0.6 is 0 Å². The first-order valence-electron chi connectivity index (χ1n) is 6.41. The Kier molecular flexibility index (Phi) is 3.97. The fraction of sp³-hybridized carbons (Fsp3) is 0.571. The monoisotopic (exact) mass is 255 g/mol. The summed E-state index contributed by atoms with van der Waals surface area (Å²) in [6.07, 6.45) is 3.86. The van der Waals surface area contributed by atoms with Gasteiger partial charge in [0.25, 0.3) is 0 Å². The molecule has 1 aromatic rings. The van der Waals surface area contributed by atoms with Crippen LogP contribution in [0.15, 0.2) is 18.2 Å². The Bertz CT molecular complexity index is 396. The molecule has 0 saturated heterocycles. The van der Waals surface area contributed by atoms with Gasteiger partial charge in [-0.25, -0.2) is 8.78 Å². The topological polar surface area (TPSA) is 46.2 Å². The van der Waals surface area contributed by atoms with Gasteiger partial charge in [0.2, 0.25) is 0 Å². The van der Waals surface area contributed by atoms with E-state index in [0.29, 0.717) is 12.1 Å². The quantitative estimate of drug-likeness (QED) is 0.872. The average molecular weight is 255 g/mol. The number of aliphatic hydroxyl groups excluding tert-OH is 1. The molecule has 0 spiro atoms. The zero-order chi connectivity index (χ0) is 13.2. The van der Waals surface area contributed by atoms with Crippen molar-refractivity contribution < 1.29 is 13.9 Å². The van der Waals surface area contributed by atoms with E-state index in [1.165, 1.54) is 12.1 Å². The molecule has 0 radical (unpaired) electrons. The summed E-state index contributed by atoms with van der Waals surface area (Å²) in [5.74, 6) is -1.32. The highest BCUT2D eigenvalue weighted by atomic mass is 19.1. The number of halogens is 2. The van der Waals surface area contributed by atoms with E-state index in [9.17, 15) is 13.9 Å². The standard InChI is InChI=1S/C14H19F2NO/c15-11-6-10(7-12(16)8-11)13(18)14(9-17)4-2-1-3-5-14/h6-8,13,18H,1-5,9,17H2. The van der Waals surface area contributed by atoms with Crippen LogP contribution in [0.2, 0.25) is 0 Å².